The number of nitriles is 1. The van der Waals surface area contributed by atoms with E-state index < -0.39 is 14.7 Å². The van der Waals surface area contributed by atoms with E-state index in [2.05, 4.69) is 10.3 Å². The van der Waals surface area contributed by atoms with E-state index in [0.29, 0.717) is 10.7 Å². The summed E-state index contributed by atoms with van der Waals surface area (Å²) in [4.78, 5) is 3.78. The highest BCUT2D eigenvalue weighted by molar-refractivity contribution is 7.95. The Morgan fingerprint density at radius 3 is 2.63 bits per heavy atom. The molecule has 0 spiro atoms. The zero-order valence-corrected chi connectivity index (χ0v) is 16.4. The molecule has 0 bridgehead atoms. The lowest BCUT2D eigenvalue weighted by Gasteiger charge is -2.09. The number of anilines is 1. The maximum atomic E-state index is 12.8. The van der Waals surface area contributed by atoms with Crippen molar-refractivity contribution in [3.63, 3.8) is 0 Å². The molecule has 3 aromatic rings. The summed E-state index contributed by atoms with van der Waals surface area (Å²) in [7, 11) is -4.10. The Labute approximate surface area is 166 Å². The predicted molar refractivity (Wildman–Crippen MR) is 107 cm³/mol. The molecular formula is C19H13Cl2N3O2S. The summed E-state index contributed by atoms with van der Waals surface area (Å²) in [6.45, 7) is 1.83. The molecule has 0 aliphatic carbocycles. The number of aryl methyl sites for hydroxylation is 1. The number of nitrogens with zero attached hydrogens (tertiary/aromatic N) is 2. The normalized spacial score (nSPS) is 12.0. The molecule has 1 aromatic heterocycles. The number of halogens is 2. The van der Waals surface area contributed by atoms with Gasteiger partial charge in [-0.3, -0.25) is 4.98 Å². The van der Waals surface area contributed by atoms with E-state index in [-0.39, 0.29) is 9.92 Å². The van der Waals surface area contributed by atoms with Crippen LogP contribution in [0.5, 0.6) is 0 Å². The number of hydrogen-bond donors (Lipinski definition) is 1. The number of fused-ring (bicyclic) bond motifs is 1. The standard InChI is InChI=1S/C19H13Cl2N3O2S/c1-12-8-18(15-4-2-3-5-17(15)24-12)23-11-14(10-22)27(25,26)19-7-6-13(20)9-16(19)21/h2-9,11H,1H3,(H,23,24). The SMILES string of the molecule is Cc1cc(NC=C(C#N)S(=O)(=O)c2ccc(Cl)cc2Cl)c2ccccc2n1. The van der Waals surface area contributed by atoms with Crippen LogP contribution in [0, 0.1) is 18.3 Å². The van der Waals surface area contributed by atoms with Crippen LogP contribution in [0.2, 0.25) is 10.0 Å². The van der Waals surface area contributed by atoms with Gasteiger partial charge < -0.3 is 5.32 Å². The van der Waals surface area contributed by atoms with Gasteiger partial charge >= 0.3 is 0 Å². The van der Waals surface area contributed by atoms with E-state index in [1.54, 1.807) is 12.1 Å². The molecular weight excluding hydrogens is 405 g/mol. The maximum Gasteiger partial charge on any atom is 0.219 e. The average Bonchev–Trinajstić information content (AvgIpc) is 2.61. The quantitative estimate of drug-likeness (QED) is 0.596. The first-order valence-electron chi connectivity index (χ1n) is 7.76. The second kappa shape index (κ2) is 7.57. The summed E-state index contributed by atoms with van der Waals surface area (Å²) in [5.74, 6) is 0. The summed E-state index contributed by atoms with van der Waals surface area (Å²) in [6.07, 6.45) is 1.15. The molecule has 0 atom stereocenters. The van der Waals surface area contributed by atoms with Crippen LogP contribution in [0.25, 0.3) is 10.9 Å². The van der Waals surface area contributed by atoms with Gasteiger partial charge in [-0.15, -0.1) is 0 Å². The fourth-order valence-corrected chi connectivity index (χ4v) is 4.40. The summed E-state index contributed by atoms with van der Waals surface area (Å²) in [5.41, 5.74) is 2.16. The van der Waals surface area contributed by atoms with Crippen molar-refractivity contribution in [1.29, 1.82) is 5.26 Å². The van der Waals surface area contributed by atoms with Gasteiger partial charge in [-0.05, 0) is 37.3 Å². The van der Waals surface area contributed by atoms with Crippen LogP contribution in [-0.2, 0) is 9.84 Å². The third kappa shape index (κ3) is 3.91. The molecule has 0 aliphatic rings. The van der Waals surface area contributed by atoms with Crippen LogP contribution in [-0.4, -0.2) is 13.4 Å². The lowest BCUT2D eigenvalue weighted by molar-refractivity contribution is 0.603. The highest BCUT2D eigenvalue weighted by atomic mass is 35.5. The summed E-state index contributed by atoms with van der Waals surface area (Å²) in [6, 6.07) is 14.9. The molecule has 0 amide bonds. The molecule has 0 fully saturated rings. The molecule has 1 N–H and O–H groups in total. The second-order valence-electron chi connectivity index (χ2n) is 5.67. The molecule has 5 nitrogen and oxygen atoms in total. The maximum absolute atomic E-state index is 12.8. The number of sulfone groups is 1. The molecule has 8 heteroatoms. The van der Waals surface area contributed by atoms with Gasteiger partial charge in [0.2, 0.25) is 9.84 Å². The smallest absolute Gasteiger partial charge is 0.219 e. The molecule has 136 valence electrons. The van der Waals surface area contributed by atoms with Crippen molar-refractivity contribution in [2.75, 3.05) is 5.32 Å². The van der Waals surface area contributed by atoms with Gasteiger partial charge in [0, 0.05) is 28.0 Å². The molecule has 27 heavy (non-hydrogen) atoms. The summed E-state index contributed by atoms with van der Waals surface area (Å²) < 4.78 is 25.6. The Bertz CT molecular complexity index is 1220. The number of rotatable bonds is 4. The van der Waals surface area contributed by atoms with Gasteiger partial charge in [0.25, 0.3) is 0 Å². The van der Waals surface area contributed by atoms with Crippen molar-refractivity contribution in [3.05, 3.63) is 75.4 Å². The first-order valence-corrected chi connectivity index (χ1v) is 10.00. The number of pyridine rings is 1. The molecule has 3 rings (SSSR count). The predicted octanol–water partition coefficient (Wildman–Crippen LogP) is 5.10. The minimum atomic E-state index is -4.10. The topological polar surface area (TPSA) is 82.9 Å². The minimum absolute atomic E-state index is 0.0474. The van der Waals surface area contributed by atoms with Crippen LogP contribution < -0.4 is 5.32 Å². The Hall–Kier alpha value is -2.59. The summed E-state index contributed by atoms with van der Waals surface area (Å²) >= 11 is 11.8. The van der Waals surface area contributed by atoms with Gasteiger partial charge in [0.15, 0.2) is 4.91 Å². The third-order valence-electron chi connectivity index (χ3n) is 3.79. The first-order chi connectivity index (χ1) is 12.8. The number of para-hydroxylation sites is 1. The number of benzene rings is 2. The fourth-order valence-electron chi connectivity index (χ4n) is 2.55. The lowest BCUT2D eigenvalue weighted by Crippen LogP contribution is -2.06. The minimum Gasteiger partial charge on any atom is -0.359 e. The van der Waals surface area contributed by atoms with Gasteiger partial charge in [-0.2, -0.15) is 5.26 Å². The molecule has 0 aliphatic heterocycles. The largest absolute Gasteiger partial charge is 0.359 e. The monoisotopic (exact) mass is 417 g/mol. The molecule has 0 saturated carbocycles. The van der Waals surface area contributed by atoms with E-state index in [1.807, 2.05) is 31.2 Å². The van der Waals surface area contributed by atoms with Crippen LogP contribution in [0.4, 0.5) is 5.69 Å². The summed E-state index contributed by atoms with van der Waals surface area (Å²) in [5, 5.41) is 13.4. The van der Waals surface area contributed by atoms with E-state index in [0.717, 1.165) is 22.8 Å². The second-order valence-corrected chi connectivity index (χ2v) is 8.40. The van der Waals surface area contributed by atoms with Gasteiger partial charge in [0.1, 0.15) is 6.07 Å². The number of hydrogen-bond acceptors (Lipinski definition) is 5. The Balaban J connectivity index is 2.04. The van der Waals surface area contributed by atoms with Gasteiger partial charge in [-0.1, -0.05) is 41.4 Å². The van der Waals surface area contributed by atoms with Crippen LogP contribution in [0.15, 0.2) is 64.5 Å². The number of nitrogens with one attached hydrogen (secondary N) is 1. The number of aromatic nitrogens is 1. The van der Waals surface area contributed by atoms with E-state index in [9.17, 15) is 13.7 Å². The van der Waals surface area contributed by atoms with Crippen LogP contribution in [0.1, 0.15) is 5.69 Å². The highest BCUT2D eigenvalue weighted by Gasteiger charge is 2.24. The Morgan fingerprint density at radius 2 is 1.93 bits per heavy atom. The van der Waals surface area contributed by atoms with Crippen molar-refractivity contribution in [2.24, 2.45) is 0 Å². The molecule has 0 saturated heterocycles. The van der Waals surface area contributed by atoms with E-state index in [1.165, 1.54) is 18.2 Å². The van der Waals surface area contributed by atoms with Gasteiger partial charge in [0.05, 0.1) is 15.4 Å². The van der Waals surface area contributed by atoms with Crippen molar-refractivity contribution < 1.29 is 8.42 Å². The number of allylic oxidation sites excluding steroid dienone is 1. The third-order valence-corrected chi connectivity index (χ3v) is 6.17. The zero-order valence-electron chi connectivity index (χ0n) is 14.1. The zero-order chi connectivity index (χ0) is 19.6. The first kappa shape index (κ1) is 19.2. The molecule has 0 unspecified atom stereocenters. The average molecular weight is 418 g/mol. The lowest BCUT2D eigenvalue weighted by atomic mass is 10.1. The van der Waals surface area contributed by atoms with Crippen molar-refractivity contribution in [2.45, 2.75) is 11.8 Å². The van der Waals surface area contributed by atoms with Crippen LogP contribution in [0.3, 0.4) is 0 Å². The van der Waals surface area contributed by atoms with E-state index >= 15 is 0 Å². The van der Waals surface area contributed by atoms with Crippen LogP contribution >= 0.6 is 23.2 Å². The van der Waals surface area contributed by atoms with Crippen molar-refractivity contribution >= 4 is 49.6 Å². The molecule has 0 radical (unpaired) electrons. The fraction of sp³-hybridized carbons (Fsp3) is 0.0526. The molecule has 2 aromatic carbocycles. The molecule has 1 heterocycles. The van der Waals surface area contributed by atoms with Gasteiger partial charge in [-0.25, -0.2) is 8.42 Å². The Morgan fingerprint density at radius 1 is 1.19 bits per heavy atom. The van der Waals surface area contributed by atoms with Crippen molar-refractivity contribution in [1.82, 2.24) is 4.98 Å². The Kier molecular flexibility index (Phi) is 5.38. The highest BCUT2D eigenvalue weighted by Crippen LogP contribution is 2.30. The van der Waals surface area contributed by atoms with Crippen molar-refractivity contribution in [3.8, 4) is 6.07 Å². The van der Waals surface area contributed by atoms with E-state index in [4.69, 9.17) is 23.2 Å².